The Morgan fingerprint density at radius 3 is 2.43 bits per heavy atom. The van der Waals surface area contributed by atoms with Crippen molar-refractivity contribution >= 4 is 0 Å². The lowest BCUT2D eigenvalue weighted by atomic mass is 9.60. The van der Waals surface area contributed by atoms with E-state index in [1.807, 2.05) is 0 Å². The monoisotopic (exact) mass is 622 g/mol. The molecule has 44 heavy (non-hydrogen) atoms. The SMILES string of the molecule is C=C1/C(=C\C=C2/CCC[C@]3(C)[C@@H]([C@H](C)CCCC(C)(C)OCOC)CC[C@@H]23)C[C@@H](OCOC)[C@@H](OCCCO)[C@@H]1OCOC. The number of fused-ring (bicyclic) bond motifs is 1. The van der Waals surface area contributed by atoms with Gasteiger partial charge in [0.25, 0.3) is 0 Å². The Bertz CT molecular complexity index is 929. The van der Waals surface area contributed by atoms with Gasteiger partial charge in [-0.05, 0) is 93.1 Å². The van der Waals surface area contributed by atoms with Crippen LogP contribution in [0.4, 0.5) is 0 Å². The van der Waals surface area contributed by atoms with Crippen molar-refractivity contribution in [2.45, 2.75) is 116 Å². The third-order valence-electron chi connectivity index (χ3n) is 10.4. The van der Waals surface area contributed by atoms with Crippen LogP contribution in [0.3, 0.4) is 0 Å². The molecule has 0 saturated heterocycles. The molecule has 0 aromatic rings. The van der Waals surface area contributed by atoms with Gasteiger partial charge in [-0.1, -0.05) is 51.0 Å². The van der Waals surface area contributed by atoms with Crippen LogP contribution in [0.1, 0.15) is 91.9 Å². The quantitative estimate of drug-likeness (QED) is 0.122. The minimum atomic E-state index is -0.410. The molecule has 3 saturated carbocycles. The molecular weight excluding hydrogens is 560 g/mol. The Kier molecular flexibility index (Phi) is 15.5. The Balaban J connectivity index is 1.74. The second-order valence-electron chi connectivity index (χ2n) is 14.0. The maximum Gasteiger partial charge on any atom is 0.147 e. The highest BCUT2D eigenvalue weighted by Crippen LogP contribution is 2.60. The van der Waals surface area contributed by atoms with Crippen LogP contribution >= 0.6 is 0 Å². The molecule has 3 aliphatic rings. The second-order valence-corrected chi connectivity index (χ2v) is 14.0. The number of aliphatic hydroxyl groups is 1. The minimum absolute atomic E-state index is 0.0708. The van der Waals surface area contributed by atoms with Gasteiger partial charge < -0.3 is 38.3 Å². The van der Waals surface area contributed by atoms with Gasteiger partial charge in [0.1, 0.15) is 32.6 Å². The topological polar surface area (TPSA) is 84.8 Å². The summed E-state index contributed by atoms with van der Waals surface area (Å²) >= 11 is 0. The second kappa shape index (κ2) is 18.3. The van der Waals surface area contributed by atoms with Crippen molar-refractivity contribution in [2.24, 2.45) is 23.2 Å². The summed E-state index contributed by atoms with van der Waals surface area (Å²) in [5, 5.41) is 9.30. The Labute approximate surface area is 267 Å². The first-order valence-electron chi connectivity index (χ1n) is 16.8. The molecule has 0 bridgehead atoms. The molecule has 254 valence electrons. The van der Waals surface area contributed by atoms with E-state index in [-0.39, 0.29) is 38.0 Å². The lowest BCUT2D eigenvalue weighted by Gasteiger charge is -2.44. The molecule has 1 N–H and O–H groups in total. The molecule has 0 aliphatic heterocycles. The largest absolute Gasteiger partial charge is 0.396 e. The fraction of sp³-hybridized carbons (Fsp3) is 0.833. The van der Waals surface area contributed by atoms with Gasteiger partial charge in [-0.3, -0.25) is 0 Å². The smallest absolute Gasteiger partial charge is 0.147 e. The van der Waals surface area contributed by atoms with Gasteiger partial charge in [-0.15, -0.1) is 0 Å². The van der Waals surface area contributed by atoms with Gasteiger partial charge >= 0.3 is 0 Å². The van der Waals surface area contributed by atoms with Crippen LogP contribution in [-0.2, 0) is 33.2 Å². The van der Waals surface area contributed by atoms with E-state index >= 15 is 0 Å². The van der Waals surface area contributed by atoms with Crippen LogP contribution in [0.5, 0.6) is 0 Å². The summed E-state index contributed by atoms with van der Waals surface area (Å²) in [5.41, 5.74) is 3.79. The van der Waals surface area contributed by atoms with Gasteiger partial charge in [0.05, 0.1) is 11.7 Å². The molecular formula is C36H62O8. The maximum atomic E-state index is 9.30. The van der Waals surface area contributed by atoms with E-state index in [9.17, 15) is 5.11 Å². The van der Waals surface area contributed by atoms with E-state index in [4.69, 9.17) is 33.2 Å². The highest BCUT2D eigenvalue weighted by atomic mass is 16.7. The number of allylic oxidation sites excluding steroid dienone is 3. The molecule has 0 aromatic heterocycles. The molecule has 3 rings (SSSR count). The van der Waals surface area contributed by atoms with E-state index in [0.29, 0.717) is 43.5 Å². The summed E-state index contributed by atoms with van der Waals surface area (Å²) in [4.78, 5) is 0. The van der Waals surface area contributed by atoms with Crippen LogP contribution in [0.2, 0.25) is 0 Å². The summed E-state index contributed by atoms with van der Waals surface area (Å²) in [6.45, 7) is 15.0. The van der Waals surface area contributed by atoms with Crippen molar-refractivity contribution in [3.63, 3.8) is 0 Å². The standard InChI is InChI=1S/C36H62O8/c1-26(12-9-18-35(3,4)44-25-40-8)30-16-17-31-28(13-10-19-36(30,31)5)14-15-29-22-32(42-23-38-6)34(41-21-11-20-37)33(27(29)2)43-24-39-7/h14-15,26,30-34,37H,2,9-13,16-25H2,1,3-8H3/b28-14+,29-15-/t26-,30-,31+,32-,33-,34-,36-/m1/s1. The molecule has 8 heteroatoms. The Hall–Kier alpha value is -1.10. The summed E-state index contributed by atoms with van der Waals surface area (Å²) in [6.07, 6.45) is 14.6. The van der Waals surface area contributed by atoms with Gasteiger partial charge in [0, 0.05) is 41.0 Å². The minimum Gasteiger partial charge on any atom is -0.396 e. The number of ether oxygens (including phenoxy) is 7. The van der Waals surface area contributed by atoms with Crippen molar-refractivity contribution < 1.29 is 38.3 Å². The first kappa shape index (κ1) is 37.4. The molecule has 3 aliphatic carbocycles. The van der Waals surface area contributed by atoms with Crippen molar-refractivity contribution in [1.29, 1.82) is 0 Å². The number of methoxy groups -OCH3 is 3. The van der Waals surface area contributed by atoms with Crippen LogP contribution < -0.4 is 0 Å². The fourth-order valence-corrected chi connectivity index (χ4v) is 8.10. The number of aliphatic hydroxyl groups excluding tert-OH is 1. The summed E-state index contributed by atoms with van der Waals surface area (Å²) in [5.74, 6) is 2.06. The summed E-state index contributed by atoms with van der Waals surface area (Å²) < 4.78 is 39.9. The van der Waals surface area contributed by atoms with Gasteiger partial charge in [0.2, 0.25) is 0 Å². The first-order chi connectivity index (χ1) is 21.1. The third kappa shape index (κ3) is 9.95. The molecule has 3 fully saturated rings. The predicted octanol–water partition coefficient (Wildman–Crippen LogP) is 6.97. The predicted molar refractivity (Wildman–Crippen MR) is 173 cm³/mol. The van der Waals surface area contributed by atoms with Gasteiger partial charge in [-0.25, -0.2) is 0 Å². The summed E-state index contributed by atoms with van der Waals surface area (Å²) in [6, 6.07) is 0. The number of rotatable bonds is 19. The highest BCUT2D eigenvalue weighted by molar-refractivity contribution is 5.40. The lowest BCUT2D eigenvalue weighted by Crippen LogP contribution is -2.48. The van der Waals surface area contributed by atoms with Crippen molar-refractivity contribution in [3.05, 3.63) is 35.5 Å². The first-order valence-corrected chi connectivity index (χ1v) is 16.8. The zero-order valence-corrected chi connectivity index (χ0v) is 28.7. The van der Waals surface area contributed by atoms with Crippen molar-refractivity contribution in [1.82, 2.24) is 0 Å². The molecule has 0 spiro atoms. The average molecular weight is 623 g/mol. The third-order valence-corrected chi connectivity index (χ3v) is 10.4. The molecule has 0 aromatic carbocycles. The molecule has 8 nitrogen and oxygen atoms in total. The fourth-order valence-electron chi connectivity index (χ4n) is 8.10. The average Bonchev–Trinajstić information content (AvgIpc) is 3.36. The molecule has 0 heterocycles. The van der Waals surface area contributed by atoms with Crippen LogP contribution in [0.15, 0.2) is 35.5 Å². The van der Waals surface area contributed by atoms with Crippen LogP contribution in [0, 0.1) is 23.2 Å². The zero-order chi connectivity index (χ0) is 32.2. The van der Waals surface area contributed by atoms with Crippen LogP contribution in [0.25, 0.3) is 0 Å². The van der Waals surface area contributed by atoms with Crippen LogP contribution in [-0.4, -0.2) is 83.9 Å². The van der Waals surface area contributed by atoms with E-state index in [0.717, 1.165) is 29.9 Å². The van der Waals surface area contributed by atoms with Crippen molar-refractivity contribution in [3.8, 4) is 0 Å². The zero-order valence-electron chi connectivity index (χ0n) is 28.7. The molecule has 0 radical (unpaired) electrons. The van der Waals surface area contributed by atoms with Crippen molar-refractivity contribution in [2.75, 3.05) is 54.9 Å². The van der Waals surface area contributed by atoms with E-state index in [1.54, 1.807) is 26.9 Å². The lowest BCUT2D eigenvalue weighted by molar-refractivity contribution is -0.182. The Morgan fingerprint density at radius 2 is 1.73 bits per heavy atom. The summed E-state index contributed by atoms with van der Waals surface area (Å²) in [7, 11) is 4.91. The number of hydrogen-bond acceptors (Lipinski definition) is 8. The van der Waals surface area contributed by atoms with E-state index in [2.05, 4.69) is 46.4 Å². The molecule has 7 atom stereocenters. The number of hydrogen-bond donors (Lipinski definition) is 1. The van der Waals surface area contributed by atoms with E-state index in [1.165, 1.54) is 38.5 Å². The molecule has 0 amide bonds. The normalized spacial score (nSPS) is 32.0. The highest BCUT2D eigenvalue weighted by Gasteiger charge is 2.50. The van der Waals surface area contributed by atoms with Gasteiger partial charge in [0.15, 0.2) is 0 Å². The molecule has 0 unspecified atom stereocenters. The van der Waals surface area contributed by atoms with Gasteiger partial charge in [-0.2, -0.15) is 0 Å². The Morgan fingerprint density at radius 1 is 1.00 bits per heavy atom. The maximum absolute atomic E-state index is 9.30. The van der Waals surface area contributed by atoms with E-state index < -0.39 is 6.10 Å².